The Hall–Kier alpha value is -1.84. The van der Waals surface area contributed by atoms with Crippen molar-refractivity contribution in [2.24, 2.45) is 11.8 Å². The van der Waals surface area contributed by atoms with Crippen LogP contribution in [0.25, 0.3) is 0 Å². The Balaban J connectivity index is 1.62. The first-order chi connectivity index (χ1) is 10.6. The van der Waals surface area contributed by atoms with Crippen LogP contribution in [0.3, 0.4) is 0 Å². The van der Waals surface area contributed by atoms with E-state index in [9.17, 15) is 9.59 Å². The normalized spacial score (nSPS) is 24.8. The summed E-state index contributed by atoms with van der Waals surface area (Å²) in [6, 6.07) is 7.72. The fourth-order valence-corrected chi connectivity index (χ4v) is 3.20. The van der Waals surface area contributed by atoms with Crippen molar-refractivity contribution in [2.45, 2.75) is 26.7 Å². The summed E-state index contributed by atoms with van der Waals surface area (Å²) in [5, 5.41) is 0. The molecule has 1 saturated heterocycles. The molecule has 1 aliphatic heterocycles. The number of rotatable bonds is 2. The van der Waals surface area contributed by atoms with E-state index >= 15 is 0 Å². The van der Waals surface area contributed by atoms with Gasteiger partial charge in [-0.3, -0.25) is 9.59 Å². The van der Waals surface area contributed by atoms with Crippen molar-refractivity contribution in [3.8, 4) is 0 Å². The van der Waals surface area contributed by atoms with E-state index in [2.05, 4.69) is 6.92 Å². The standard InChI is InChI=1S/C18H24N2O2/c1-13-5-3-6-15(11-13)17(21)19-7-4-8-20(10-9-19)18(22)16-12-14(16)2/h3,5-6,11,14,16H,4,7-10,12H2,1-2H3. The van der Waals surface area contributed by atoms with Crippen LogP contribution < -0.4 is 0 Å². The summed E-state index contributed by atoms with van der Waals surface area (Å²) >= 11 is 0. The molecular weight excluding hydrogens is 276 g/mol. The van der Waals surface area contributed by atoms with E-state index in [4.69, 9.17) is 0 Å². The van der Waals surface area contributed by atoms with Crippen LogP contribution in [-0.4, -0.2) is 47.8 Å². The molecule has 2 atom stereocenters. The predicted octanol–water partition coefficient (Wildman–Crippen LogP) is 2.33. The molecule has 1 heterocycles. The van der Waals surface area contributed by atoms with Gasteiger partial charge in [0.05, 0.1) is 0 Å². The molecule has 2 unspecified atom stereocenters. The lowest BCUT2D eigenvalue weighted by Crippen LogP contribution is -2.38. The van der Waals surface area contributed by atoms with Crippen molar-refractivity contribution in [2.75, 3.05) is 26.2 Å². The second kappa shape index (κ2) is 6.11. The number of amides is 2. The molecule has 0 aromatic heterocycles. The molecule has 4 nitrogen and oxygen atoms in total. The molecule has 2 fully saturated rings. The lowest BCUT2D eigenvalue weighted by molar-refractivity contribution is -0.132. The Morgan fingerprint density at radius 3 is 2.45 bits per heavy atom. The van der Waals surface area contributed by atoms with Gasteiger partial charge >= 0.3 is 0 Å². The Bertz CT molecular complexity index is 584. The highest BCUT2D eigenvalue weighted by Crippen LogP contribution is 2.39. The zero-order valence-electron chi connectivity index (χ0n) is 13.4. The molecule has 1 aromatic rings. The van der Waals surface area contributed by atoms with Crippen molar-refractivity contribution in [3.63, 3.8) is 0 Å². The molecule has 0 bridgehead atoms. The van der Waals surface area contributed by atoms with E-state index in [0.717, 1.165) is 37.1 Å². The highest BCUT2D eigenvalue weighted by molar-refractivity contribution is 5.94. The van der Waals surface area contributed by atoms with Crippen molar-refractivity contribution in [1.29, 1.82) is 0 Å². The third-order valence-corrected chi connectivity index (χ3v) is 4.79. The minimum absolute atomic E-state index is 0.0813. The molecule has 2 aliphatic rings. The lowest BCUT2D eigenvalue weighted by atomic mass is 10.1. The highest BCUT2D eigenvalue weighted by atomic mass is 16.2. The summed E-state index contributed by atoms with van der Waals surface area (Å²) in [7, 11) is 0. The third-order valence-electron chi connectivity index (χ3n) is 4.79. The van der Waals surface area contributed by atoms with Gasteiger partial charge in [-0.2, -0.15) is 0 Å². The summed E-state index contributed by atoms with van der Waals surface area (Å²) in [6.07, 6.45) is 1.89. The fourth-order valence-electron chi connectivity index (χ4n) is 3.20. The Morgan fingerprint density at radius 1 is 1.09 bits per heavy atom. The SMILES string of the molecule is Cc1cccc(C(=O)N2CCCN(C(=O)C3CC3C)CC2)c1. The van der Waals surface area contributed by atoms with Crippen LogP contribution in [0.5, 0.6) is 0 Å². The minimum atomic E-state index is 0.0813. The largest absolute Gasteiger partial charge is 0.341 e. The maximum Gasteiger partial charge on any atom is 0.253 e. The molecular formula is C18H24N2O2. The van der Waals surface area contributed by atoms with Crippen LogP contribution in [-0.2, 0) is 4.79 Å². The third kappa shape index (κ3) is 3.16. The minimum Gasteiger partial charge on any atom is -0.341 e. The van der Waals surface area contributed by atoms with Crippen molar-refractivity contribution >= 4 is 11.8 Å². The highest BCUT2D eigenvalue weighted by Gasteiger charge is 2.41. The zero-order valence-corrected chi connectivity index (χ0v) is 13.4. The summed E-state index contributed by atoms with van der Waals surface area (Å²) in [4.78, 5) is 28.8. The maximum absolute atomic E-state index is 12.6. The Morgan fingerprint density at radius 2 is 1.77 bits per heavy atom. The average Bonchev–Trinajstić information content (AvgIpc) is 3.27. The molecule has 1 aromatic carbocycles. The molecule has 22 heavy (non-hydrogen) atoms. The second-order valence-corrected chi connectivity index (χ2v) is 6.66. The molecule has 4 heteroatoms. The monoisotopic (exact) mass is 300 g/mol. The van der Waals surface area contributed by atoms with Gasteiger partial charge in [0.2, 0.25) is 5.91 Å². The maximum atomic E-state index is 12.6. The van der Waals surface area contributed by atoms with Crippen LogP contribution in [0, 0.1) is 18.8 Å². The van der Waals surface area contributed by atoms with Crippen molar-refractivity contribution in [1.82, 2.24) is 9.80 Å². The molecule has 3 rings (SSSR count). The van der Waals surface area contributed by atoms with Crippen molar-refractivity contribution in [3.05, 3.63) is 35.4 Å². The van der Waals surface area contributed by atoms with E-state index in [0.29, 0.717) is 19.0 Å². The summed E-state index contributed by atoms with van der Waals surface area (Å²) in [5.74, 6) is 1.15. The van der Waals surface area contributed by atoms with Crippen LogP contribution in [0.1, 0.15) is 35.7 Å². The van der Waals surface area contributed by atoms with E-state index in [1.807, 2.05) is 41.0 Å². The zero-order chi connectivity index (χ0) is 15.7. The second-order valence-electron chi connectivity index (χ2n) is 6.66. The summed E-state index contributed by atoms with van der Waals surface area (Å²) < 4.78 is 0. The van der Waals surface area contributed by atoms with Crippen molar-refractivity contribution < 1.29 is 9.59 Å². The van der Waals surface area contributed by atoms with Crippen LogP contribution in [0.15, 0.2) is 24.3 Å². The number of carbonyl (C=O) groups is 2. The van der Waals surface area contributed by atoms with Gasteiger partial charge < -0.3 is 9.80 Å². The van der Waals surface area contributed by atoms with Gasteiger partial charge in [-0.1, -0.05) is 24.6 Å². The Kier molecular flexibility index (Phi) is 4.19. The van der Waals surface area contributed by atoms with Gasteiger partial charge in [0.25, 0.3) is 5.91 Å². The van der Waals surface area contributed by atoms with Gasteiger partial charge in [0, 0.05) is 37.7 Å². The first-order valence-electron chi connectivity index (χ1n) is 8.21. The number of hydrogen-bond donors (Lipinski definition) is 0. The first kappa shape index (κ1) is 15.1. The smallest absolute Gasteiger partial charge is 0.253 e. The molecule has 1 saturated carbocycles. The number of nitrogens with zero attached hydrogens (tertiary/aromatic N) is 2. The number of hydrogen-bond acceptors (Lipinski definition) is 2. The van der Waals surface area contributed by atoms with Gasteiger partial charge in [-0.25, -0.2) is 0 Å². The number of benzene rings is 1. The molecule has 0 N–H and O–H groups in total. The van der Waals surface area contributed by atoms with Crippen LogP contribution in [0.4, 0.5) is 0 Å². The first-order valence-corrected chi connectivity index (χ1v) is 8.21. The summed E-state index contributed by atoms with van der Waals surface area (Å²) in [6.45, 7) is 6.94. The van der Waals surface area contributed by atoms with E-state index < -0.39 is 0 Å². The van der Waals surface area contributed by atoms with Crippen LogP contribution >= 0.6 is 0 Å². The van der Waals surface area contributed by atoms with Gasteiger partial charge in [0.1, 0.15) is 0 Å². The van der Waals surface area contributed by atoms with Gasteiger partial charge in [-0.15, -0.1) is 0 Å². The van der Waals surface area contributed by atoms with Gasteiger partial charge in [-0.05, 0) is 37.8 Å². The average molecular weight is 300 g/mol. The predicted molar refractivity (Wildman–Crippen MR) is 85.6 cm³/mol. The summed E-state index contributed by atoms with van der Waals surface area (Å²) in [5.41, 5.74) is 1.84. The molecule has 2 amide bonds. The number of carbonyl (C=O) groups excluding carboxylic acids is 2. The fraction of sp³-hybridized carbons (Fsp3) is 0.556. The van der Waals surface area contributed by atoms with E-state index in [-0.39, 0.29) is 17.7 Å². The molecule has 0 spiro atoms. The molecule has 1 aliphatic carbocycles. The Labute approximate surface area is 132 Å². The number of aryl methyl sites for hydroxylation is 1. The van der Waals surface area contributed by atoms with Crippen LogP contribution in [0.2, 0.25) is 0 Å². The van der Waals surface area contributed by atoms with Gasteiger partial charge in [0.15, 0.2) is 0 Å². The van der Waals surface area contributed by atoms with E-state index in [1.54, 1.807) is 0 Å². The van der Waals surface area contributed by atoms with E-state index in [1.165, 1.54) is 0 Å². The molecule has 0 radical (unpaired) electrons. The quantitative estimate of drug-likeness (QED) is 0.841. The lowest BCUT2D eigenvalue weighted by Gasteiger charge is -2.22. The topological polar surface area (TPSA) is 40.6 Å². The molecule has 118 valence electrons.